The number of hydrazine groups is 1. The summed E-state index contributed by atoms with van der Waals surface area (Å²) in [6.07, 6.45) is 1.77. The van der Waals surface area contributed by atoms with Crippen LogP contribution in [0.1, 0.15) is 11.3 Å². The SMILES string of the molecule is c1ccc(NNCc2cccc(OCc3ccccn3)c2)cc1. The highest BCUT2D eigenvalue weighted by atomic mass is 16.5. The van der Waals surface area contributed by atoms with Crippen LogP contribution in [0.3, 0.4) is 0 Å². The molecule has 4 heteroatoms. The topological polar surface area (TPSA) is 46.2 Å². The van der Waals surface area contributed by atoms with Crippen LogP contribution in [0.15, 0.2) is 79.0 Å². The molecule has 0 aliphatic carbocycles. The van der Waals surface area contributed by atoms with E-state index >= 15 is 0 Å². The van der Waals surface area contributed by atoms with Gasteiger partial charge in [0.05, 0.1) is 5.69 Å². The summed E-state index contributed by atoms with van der Waals surface area (Å²) in [5.74, 6) is 0.842. The Hall–Kier alpha value is -2.85. The Balaban J connectivity index is 1.51. The second kappa shape index (κ2) is 7.96. The molecule has 2 N–H and O–H groups in total. The van der Waals surface area contributed by atoms with Crippen molar-refractivity contribution in [3.8, 4) is 5.75 Å². The minimum atomic E-state index is 0.472. The van der Waals surface area contributed by atoms with Crippen molar-refractivity contribution in [1.82, 2.24) is 10.4 Å². The van der Waals surface area contributed by atoms with Crippen LogP contribution in [0.25, 0.3) is 0 Å². The number of rotatable bonds is 7. The lowest BCUT2D eigenvalue weighted by molar-refractivity contribution is 0.301. The molecular formula is C19H19N3O. The van der Waals surface area contributed by atoms with Gasteiger partial charge in [-0.05, 0) is 42.0 Å². The summed E-state index contributed by atoms with van der Waals surface area (Å²) in [5, 5.41) is 0. The zero-order chi connectivity index (χ0) is 15.7. The predicted molar refractivity (Wildman–Crippen MR) is 91.9 cm³/mol. The summed E-state index contributed by atoms with van der Waals surface area (Å²) in [4.78, 5) is 4.25. The van der Waals surface area contributed by atoms with Crippen LogP contribution in [0, 0.1) is 0 Å². The van der Waals surface area contributed by atoms with Gasteiger partial charge in [-0.2, -0.15) is 0 Å². The Labute approximate surface area is 136 Å². The minimum absolute atomic E-state index is 0.472. The van der Waals surface area contributed by atoms with Gasteiger partial charge in [0.1, 0.15) is 12.4 Å². The van der Waals surface area contributed by atoms with Crippen LogP contribution in [0.2, 0.25) is 0 Å². The lowest BCUT2D eigenvalue weighted by Gasteiger charge is -2.10. The average Bonchev–Trinajstić information content (AvgIpc) is 2.62. The van der Waals surface area contributed by atoms with Crippen molar-refractivity contribution in [1.29, 1.82) is 0 Å². The number of ether oxygens (including phenoxy) is 1. The number of para-hydroxylation sites is 1. The number of benzene rings is 2. The van der Waals surface area contributed by atoms with Crippen LogP contribution in [0.5, 0.6) is 5.75 Å². The van der Waals surface area contributed by atoms with Crippen LogP contribution in [0.4, 0.5) is 5.69 Å². The fourth-order valence-corrected chi connectivity index (χ4v) is 2.16. The number of nitrogens with zero attached hydrogens (tertiary/aromatic N) is 1. The standard InChI is InChI=1S/C19H19N3O/c1-2-8-17(9-3-1)22-21-14-16-7-6-11-19(13-16)23-15-18-10-4-5-12-20-18/h1-13,21-22H,14-15H2. The van der Waals surface area contributed by atoms with Gasteiger partial charge in [0, 0.05) is 18.4 Å². The quantitative estimate of drug-likeness (QED) is 0.652. The molecule has 1 heterocycles. The first-order chi connectivity index (χ1) is 11.4. The predicted octanol–water partition coefficient (Wildman–Crippen LogP) is 3.78. The van der Waals surface area contributed by atoms with Gasteiger partial charge in [0.2, 0.25) is 0 Å². The highest BCUT2D eigenvalue weighted by Crippen LogP contribution is 2.15. The number of hydrogen-bond donors (Lipinski definition) is 2. The summed E-state index contributed by atoms with van der Waals surface area (Å²) in [6, 6.07) is 23.9. The number of aromatic nitrogens is 1. The fraction of sp³-hybridized carbons (Fsp3) is 0.105. The number of nitrogens with one attached hydrogen (secondary N) is 2. The zero-order valence-electron chi connectivity index (χ0n) is 12.8. The Morgan fingerprint density at radius 1 is 0.870 bits per heavy atom. The largest absolute Gasteiger partial charge is 0.487 e. The van der Waals surface area contributed by atoms with E-state index in [0.717, 1.165) is 22.7 Å². The van der Waals surface area contributed by atoms with Crippen LogP contribution < -0.4 is 15.6 Å². The van der Waals surface area contributed by atoms with E-state index in [9.17, 15) is 0 Å². The number of anilines is 1. The third-order valence-corrected chi connectivity index (χ3v) is 3.31. The van der Waals surface area contributed by atoms with E-state index in [1.165, 1.54) is 0 Å². The minimum Gasteiger partial charge on any atom is -0.487 e. The maximum absolute atomic E-state index is 5.79. The van der Waals surface area contributed by atoms with E-state index in [1.54, 1.807) is 6.20 Å². The van der Waals surface area contributed by atoms with Crippen LogP contribution in [-0.2, 0) is 13.2 Å². The normalized spacial score (nSPS) is 10.3. The molecule has 0 spiro atoms. The third kappa shape index (κ3) is 4.83. The molecule has 0 amide bonds. The maximum Gasteiger partial charge on any atom is 0.130 e. The molecule has 4 nitrogen and oxygen atoms in total. The Morgan fingerprint density at radius 2 is 1.74 bits per heavy atom. The molecule has 0 atom stereocenters. The van der Waals surface area contributed by atoms with E-state index in [2.05, 4.69) is 21.9 Å². The molecule has 0 aliphatic rings. The van der Waals surface area contributed by atoms with Crippen molar-refractivity contribution in [2.24, 2.45) is 0 Å². The van der Waals surface area contributed by atoms with Crippen molar-refractivity contribution in [3.63, 3.8) is 0 Å². The lowest BCUT2D eigenvalue weighted by Crippen LogP contribution is -2.20. The molecule has 0 fully saturated rings. The van der Waals surface area contributed by atoms with Crippen LogP contribution in [-0.4, -0.2) is 4.98 Å². The molecule has 116 valence electrons. The van der Waals surface area contributed by atoms with Gasteiger partial charge in [-0.25, -0.2) is 5.43 Å². The molecule has 0 saturated heterocycles. The Kier molecular flexibility index (Phi) is 5.21. The van der Waals surface area contributed by atoms with Gasteiger partial charge in [-0.3, -0.25) is 4.98 Å². The first-order valence-corrected chi connectivity index (χ1v) is 7.56. The van der Waals surface area contributed by atoms with Gasteiger partial charge in [0.25, 0.3) is 0 Å². The van der Waals surface area contributed by atoms with E-state index in [0.29, 0.717) is 13.2 Å². The van der Waals surface area contributed by atoms with Gasteiger partial charge in [-0.1, -0.05) is 36.4 Å². The molecule has 3 aromatic rings. The molecule has 23 heavy (non-hydrogen) atoms. The first kappa shape index (κ1) is 15.1. The van der Waals surface area contributed by atoms with Gasteiger partial charge in [0.15, 0.2) is 0 Å². The Morgan fingerprint density at radius 3 is 2.57 bits per heavy atom. The van der Waals surface area contributed by atoms with Crippen molar-refractivity contribution in [2.45, 2.75) is 13.2 Å². The molecule has 0 aliphatic heterocycles. The summed E-state index contributed by atoms with van der Waals surface area (Å²) >= 11 is 0. The second-order valence-electron chi connectivity index (χ2n) is 5.10. The molecule has 1 aromatic heterocycles. The van der Waals surface area contributed by atoms with Crippen LogP contribution >= 0.6 is 0 Å². The number of hydrogen-bond acceptors (Lipinski definition) is 4. The highest BCUT2D eigenvalue weighted by molar-refractivity contribution is 5.41. The van der Waals surface area contributed by atoms with E-state index in [4.69, 9.17) is 4.74 Å². The third-order valence-electron chi connectivity index (χ3n) is 3.31. The number of pyridine rings is 1. The molecule has 0 saturated carbocycles. The molecule has 2 aromatic carbocycles. The summed E-state index contributed by atoms with van der Waals surface area (Å²) in [7, 11) is 0. The maximum atomic E-state index is 5.79. The summed E-state index contributed by atoms with van der Waals surface area (Å²) in [5.41, 5.74) is 9.47. The van der Waals surface area contributed by atoms with Gasteiger partial charge < -0.3 is 10.2 Å². The molecular weight excluding hydrogens is 286 g/mol. The van der Waals surface area contributed by atoms with Crippen molar-refractivity contribution in [3.05, 3.63) is 90.3 Å². The van der Waals surface area contributed by atoms with E-state index in [1.807, 2.05) is 66.7 Å². The highest BCUT2D eigenvalue weighted by Gasteiger charge is 1.99. The van der Waals surface area contributed by atoms with Crippen molar-refractivity contribution < 1.29 is 4.74 Å². The van der Waals surface area contributed by atoms with Gasteiger partial charge >= 0.3 is 0 Å². The average molecular weight is 305 g/mol. The zero-order valence-corrected chi connectivity index (χ0v) is 12.8. The molecule has 0 unspecified atom stereocenters. The first-order valence-electron chi connectivity index (χ1n) is 7.56. The molecule has 0 bridgehead atoms. The van der Waals surface area contributed by atoms with Crippen molar-refractivity contribution >= 4 is 5.69 Å². The summed E-state index contributed by atoms with van der Waals surface area (Å²) < 4.78 is 5.79. The van der Waals surface area contributed by atoms with Gasteiger partial charge in [-0.15, -0.1) is 0 Å². The molecule has 3 rings (SSSR count). The Bertz CT molecular complexity index is 717. The smallest absolute Gasteiger partial charge is 0.130 e. The lowest BCUT2D eigenvalue weighted by atomic mass is 10.2. The monoisotopic (exact) mass is 305 g/mol. The fourth-order valence-electron chi connectivity index (χ4n) is 2.16. The second-order valence-corrected chi connectivity index (χ2v) is 5.10. The van der Waals surface area contributed by atoms with E-state index < -0.39 is 0 Å². The molecule has 0 radical (unpaired) electrons. The summed E-state index contributed by atoms with van der Waals surface area (Å²) in [6.45, 7) is 1.18. The van der Waals surface area contributed by atoms with Crippen molar-refractivity contribution in [2.75, 3.05) is 5.43 Å². The van der Waals surface area contributed by atoms with E-state index in [-0.39, 0.29) is 0 Å².